The highest BCUT2D eigenvalue weighted by Crippen LogP contribution is 2.31. The Bertz CT molecular complexity index is 1590. The van der Waals surface area contributed by atoms with Gasteiger partial charge in [0, 0.05) is 42.0 Å². The molecule has 1 atom stereocenters. The molecule has 1 aliphatic heterocycles. The summed E-state index contributed by atoms with van der Waals surface area (Å²) in [6.45, 7) is -0.368. The molecule has 2 aliphatic rings. The Morgan fingerprint density at radius 1 is 0.976 bits per heavy atom. The van der Waals surface area contributed by atoms with Gasteiger partial charge in [-0.1, -0.05) is 84.6 Å². The van der Waals surface area contributed by atoms with Gasteiger partial charge in [0.2, 0.25) is 11.8 Å². The summed E-state index contributed by atoms with van der Waals surface area (Å²) >= 11 is 12.6. The number of carbonyl (C=O) groups is 3. The van der Waals surface area contributed by atoms with Crippen molar-refractivity contribution in [2.75, 3.05) is 6.54 Å². The van der Waals surface area contributed by atoms with Crippen molar-refractivity contribution in [3.8, 4) is 0 Å². The van der Waals surface area contributed by atoms with Gasteiger partial charge >= 0.3 is 0 Å². The molecule has 1 saturated carbocycles. The van der Waals surface area contributed by atoms with Crippen LogP contribution in [0.15, 0.2) is 77.7 Å². The van der Waals surface area contributed by atoms with Gasteiger partial charge in [0.15, 0.2) is 0 Å². The number of amides is 3. The third-order valence-electron chi connectivity index (χ3n) is 7.77. The van der Waals surface area contributed by atoms with Crippen molar-refractivity contribution >= 4 is 50.9 Å². The first-order chi connectivity index (χ1) is 20.1. The van der Waals surface area contributed by atoms with Gasteiger partial charge in [-0.2, -0.15) is 0 Å². The highest BCUT2D eigenvalue weighted by Gasteiger charge is 2.41. The number of rotatable bonds is 10. The predicted molar refractivity (Wildman–Crippen MR) is 161 cm³/mol. The largest absolute Gasteiger partial charge is 0.352 e. The lowest BCUT2D eigenvalue weighted by atomic mass is 10.0. The van der Waals surface area contributed by atoms with Crippen LogP contribution in [-0.4, -0.2) is 54.0 Å². The van der Waals surface area contributed by atoms with Crippen LogP contribution in [0.3, 0.4) is 0 Å². The number of fused-ring (bicyclic) bond motifs is 1. The molecule has 5 rings (SSSR count). The minimum atomic E-state index is -4.09. The third kappa shape index (κ3) is 6.48. The first-order valence-corrected chi connectivity index (χ1v) is 16.1. The normalized spacial score (nSPS) is 16.7. The Kier molecular flexibility index (Phi) is 9.20. The Morgan fingerprint density at radius 2 is 1.67 bits per heavy atom. The highest BCUT2D eigenvalue weighted by atomic mass is 35.5. The lowest BCUT2D eigenvalue weighted by molar-refractivity contribution is -0.141. The molecule has 1 aliphatic carbocycles. The van der Waals surface area contributed by atoms with Gasteiger partial charge in [-0.05, 0) is 48.2 Å². The number of hydrogen-bond acceptors (Lipinski definition) is 5. The van der Waals surface area contributed by atoms with E-state index in [0.717, 1.165) is 35.6 Å². The molecule has 3 amide bonds. The standard InChI is InChI=1S/C31H31Cl2N3O5S/c32-23-15-14-22(26(33)19-23)20-35(27(18-21-8-2-1-3-9-21)30(38)34-24-10-4-5-11-24)29(37)16-17-36-31(39)25-12-6-7-13-28(25)42(36,40)41/h1-3,6-9,12-15,19,24,27H,4-5,10-11,16-18,20H2,(H,34,38)/t27-/m0/s1. The molecule has 3 aromatic carbocycles. The van der Waals surface area contributed by atoms with Crippen LogP contribution in [0.1, 0.15) is 53.6 Å². The molecule has 11 heteroatoms. The molecule has 0 radical (unpaired) electrons. The van der Waals surface area contributed by atoms with Crippen molar-refractivity contribution in [1.29, 1.82) is 0 Å². The Hall–Kier alpha value is -3.40. The van der Waals surface area contributed by atoms with Crippen LogP contribution in [0, 0.1) is 0 Å². The van der Waals surface area contributed by atoms with Crippen LogP contribution in [0.4, 0.5) is 0 Å². The molecule has 0 aromatic heterocycles. The average Bonchev–Trinajstić information content (AvgIpc) is 3.55. The lowest BCUT2D eigenvalue weighted by Crippen LogP contribution is -2.52. The van der Waals surface area contributed by atoms with Crippen molar-refractivity contribution in [3.05, 3.63) is 99.5 Å². The summed E-state index contributed by atoms with van der Waals surface area (Å²) in [6, 6.07) is 19.4. The number of nitrogens with one attached hydrogen (secondary N) is 1. The molecule has 42 heavy (non-hydrogen) atoms. The second-order valence-electron chi connectivity index (χ2n) is 10.6. The minimum Gasteiger partial charge on any atom is -0.352 e. The molecule has 8 nitrogen and oxygen atoms in total. The molecular weight excluding hydrogens is 597 g/mol. The van der Waals surface area contributed by atoms with E-state index in [1.54, 1.807) is 30.3 Å². The topological polar surface area (TPSA) is 104 Å². The molecule has 0 spiro atoms. The molecule has 1 N–H and O–H groups in total. The van der Waals surface area contributed by atoms with Crippen molar-refractivity contribution < 1.29 is 22.8 Å². The van der Waals surface area contributed by atoms with E-state index in [9.17, 15) is 22.8 Å². The van der Waals surface area contributed by atoms with E-state index in [4.69, 9.17) is 23.2 Å². The van der Waals surface area contributed by atoms with Crippen LogP contribution >= 0.6 is 23.2 Å². The zero-order valence-corrected chi connectivity index (χ0v) is 25.2. The van der Waals surface area contributed by atoms with Crippen LogP contribution < -0.4 is 5.32 Å². The van der Waals surface area contributed by atoms with Crippen LogP contribution in [0.25, 0.3) is 0 Å². The van der Waals surface area contributed by atoms with Gasteiger partial charge in [0.1, 0.15) is 10.9 Å². The molecule has 0 saturated heterocycles. The number of benzene rings is 3. The first kappa shape index (κ1) is 30.1. The fourth-order valence-corrected chi connectivity index (χ4v) is 7.59. The quantitative estimate of drug-likeness (QED) is 0.332. The number of carbonyl (C=O) groups excluding carboxylic acids is 3. The Labute approximate surface area is 255 Å². The maximum absolute atomic E-state index is 14.0. The zero-order valence-electron chi connectivity index (χ0n) is 22.8. The smallest absolute Gasteiger partial charge is 0.269 e. The van der Waals surface area contributed by atoms with Gasteiger partial charge in [0.25, 0.3) is 15.9 Å². The molecule has 0 bridgehead atoms. The van der Waals surface area contributed by atoms with Gasteiger partial charge in [-0.3, -0.25) is 14.4 Å². The van der Waals surface area contributed by atoms with E-state index in [1.807, 2.05) is 30.3 Å². The number of hydrogen-bond donors (Lipinski definition) is 1. The lowest BCUT2D eigenvalue weighted by Gasteiger charge is -2.33. The van der Waals surface area contributed by atoms with Crippen LogP contribution in [0.2, 0.25) is 10.0 Å². The van der Waals surface area contributed by atoms with E-state index in [2.05, 4.69) is 5.32 Å². The fraction of sp³-hybridized carbons (Fsp3) is 0.323. The first-order valence-electron chi connectivity index (χ1n) is 13.9. The summed E-state index contributed by atoms with van der Waals surface area (Å²) < 4.78 is 26.9. The average molecular weight is 629 g/mol. The second-order valence-corrected chi connectivity index (χ2v) is 13.3. The van der Waals surface area contributed by atoms with Gasteiger partial charge in [-0.25, -0.2) is 12.7 Å². The van der Waals surface area contributed by atoms with Crippen molar-refractivity contribution in [1.82, 2.24) is 14.5 Å². The summed E-state index contributed by atoms with van der Waals surface area (Å²) in [5.41, 5.74) is 1.52. The van der Waals surface area contributed by atoms with Gasteiger partial charge in [0.05, 0.1) is 5.56 Å². The molecule has 220 valence electrons. The maximum atomic E-state index is 14.0. The number of nitrogens with zero attached hydrogens (tertiary/aromatic N) is 2. The molecule has 3 aromatic rings. The van der Waals surface area contributed by atoms with E-state index >= 15 is 0 Å². The van der Waals surface area contributed by atoms with Crippen molar-refractivity contribution in [3.63, 3.8) is 0 Å². The molecule has 1 heterocycles. The maximum Gasteiger partial charge on any atom is 0.269 e. The predicted octanol–water partition coefficient (Wildman–Crippen LogP) is 5.23. The Balaban J connectivity index is 1.45. The summed E-state index contributed by atoms with van der Waals surface area (Å²) in [7, 11) is -4.09. The van der Waals surface area contributed by atoms with Crippen LogP contribution in [0.5, 0.6) is 0 Å². The Morgan fingerprint density at radius 3 is 2.36 bits per heavy atom. The molecule has 0 unspecified atom stereocenters. The SMILES string of the molecule is O=C(NC1CCCC1)[C@H](Cc1ccccc1)N(Cc1ccc(Cl)cc1Cl)C(=O)CCN1C(=O)c2ccccc2S1(=O)=O. The minimum absolute atomic E-state index is 0.00859. The van der Waals surface area contributed by atoms with E-state index < -0.39 is 27.9 Å². The second kappa shape index (κ2) is 12.9. The summed E-state index contributed by atoms with van der Waals surface area (Å²) in [5, 5.41) is 3.89. The molecular formula is C31H31Cl2N3O5S. The van der Waals surface area contributed by atoms with E-state index in [-0.39, 0.29) is 48.3 Å². The summed E-state index contributed by atoms with van der Waals surface area (Å²) in [5.74, 6) is -1.45. The van der Waals surface area contributed by atoms with E-state index in [1.165, 1.54) is 17.0 Å². The van der Waals surface area contributed by atoms with Crippen molar-refractivity contribution in [2.24, 2.45) is 0 Å². The summed E-state index contributed by atoms with van der Waals surface area (Å²) in [4.78, 5) is 42.1. The van der Waals surface area contributed by atoms with Gasteiger partial charge in [-0.15, -0.1) is 0 Å². The van der Waals surface area contributed by atoms with Crippen molar-refractivity contribution in [2.45, 2.75) is 62.0 Å². The highest BCUT2D eigenvalue weighted by molar-refractivity contribution is 7.90. The monoisotopic (exact) mass is 627 g/mol. The van der Waals surface area contributed by atoms with Crippen LogP contribution in [-0.2, 0) is 32.6 Å². The molecule has 1 fully saturated rings. The fourth-order valence-electron chi connectivity index (χ4n) is 5.55. The van der Waals surface area contributed by atoms with E-state index in [0.29, 0.717) is 15.6 Å². The third-order valence-corrected chi connectivity index (χ3v) is 10.2. The number of sulfonamides is 1. The summed E-state index contributed by atoms with van der Waals surface area (Å²) in [6.07, 6.45) is 3.72. The van der Waals surface area contributed by atoms with Gasteiger partial charge < -0.3 is 10.2 Å². The zero-order chi connectivity index (χ0) is 29.9. The number of halogens is 2.